The SMILES string of the molecule is COC(=O)CN(C(=O)OC(C)(C)C)c1c([N+](=O)[O-])cc(C)c(C)c1Br. The van der Waals surface area contributed by atoms with Crippen LogP contribution in [0.4, 0.5) is 16.2 Å². The Balaban J connectivity index is 3.59. The molecule has 1 rings (SSSR count). The van der Waals surface area contributed by atoms with E-state index in [0.29, 0.717) is 15.6 Å². The minimum Gasteiger partial charge on any atom is -0.468 e. The van der Waals surface area contributed by atoms with Gasteiger partial charge >= 0.3 is 12.1 Å². The molecule has 0 saturated carbocycles. The summed E-state index contributed by atoms with van der Waals surface area (Å²) >= 11 is 3.30. The van der Waals surface area contributed by atoms with E-state index in [4.69, 9.17) is 4.74 Å². The first-order chi connectivity index (χ1) is 11.4. The van der Waals surface area contributed by atoms with E-state index in [9.17, 15) is 19.7 Å². The number of benzene rings is 1. The Morgan fingerprint density at radius 3 is 2.32 bits per heavy atom. The van der Waals surface area contributed by atoms with Crippen LogP contribution in [0.3, 0.4) is 0 Å². The van der Waals surface area contributed by atoms with Gasteiger partial charge in [0.2, 0.25) is 0 Å². The van der Waals surface area contributed by atoms with Crippen LogP contribution in [0, 0.1) is 24.0 Å². The number of carbonyl (C=O) groups excluding carboxylic acids is 2. The largest absolute Gasteiger partial charge is 0.468 e. The quantitative estimate of drug-likeness (QED) is 0.419. The summed E-state index contributed by atoms with van der Waals surface area (Å²) in [6.07, 6.45) is -0.884. The molecule has 1 aromatic rings. The smallest absolute Gasteiger partial charge is 0.415 e. The Labute approximate surface area is 154 Å². The molecule has 0 aliphatic carbocycles. The Kier molecular flexibility index (Phi) is 6.53. The van der Waals surface area contributed by atoms with Gasteiger partial charge in [0.25, 0.3) is 5.69 Å². The van der Waals surface area contributed by atoms with E-state index >= 15 is 0 Å². The number of methoxy groups -OCH3 is 1. The molecule has 0 spiro atoms. The maximum atomic E-state index is 12.6. The van der Waals surface area contributed by atoms with Crippen molar-refractivity contribution >= 4 is 39.4 Å². The molecule has 8 nitrogen and oxygen atoms in total. The van der Waals surface area contributed by atoms with Gasteiger partial charge in [0, 0.05) is 6.07 Å². The summed E-state index contributed by atoms with van der Waals surface area (Å²) in [5, 5.41) is 11.5. The monoisotopic (exact) mass is 416 g/mol. The maximum Gasteiger partial charge on any atom is 0.415 e. The van der Waals surface area contributed by atoms with Crippen molar-refractivity contribution in [3.63, 3.8) is 0 Å². The van der Waals surface area contributed by atoms with Crippen LogP contribution >= 0.6 is 15.9 Å². The highest BCUT2D eigenvalue weighted by Gasteiger charge is 2.33. The summed E-state index contributed by atoms with van der Waals surface area (Å²) in [5.41, 5.74) is 0.174. The number of hydrogen-bond acceptors (Lipinski definition) is 6. The van der Waals surface area contributed by atoms with Gasteiger partial charge < -0.3 is 9.47 Å². The number of esters is 1. The number of nitro benzene ring substituents is 1. The van der Waals surface area contributed by atoms with Crippen molar-refractivity contribution in [3.8, 4) is 0 Å². The highest BCUT2D eigenvalue weighted by molar-refractivity contribution is 9.10. The van der Waals surface area contributed by atoms with E-state index in [0.717, 1.165) is 4.90 Å². The summed E-state index contributed by atoms with van der Waals surface area (Å²) in [6.45, 7) is 7.92. The topological polar surface area (TPSA) is 99.0 Å². The standard InChI is InChI=1S/C16H21BrN2O6/c1-9-7-11(19(22)23)14(13(17)10(9)2)18(8-12(20)24-6)15(21)25-16(3,4)5/h7H,8H2,1-6H3. The molecule has 1 aromatic carbocycles. The lowest BCUT2D eigenvalue weighted by Gasteiger charge is -2.27. The van der Waals surface area contributed by atoms with E-state index < -0.39 is 29.1 Å². The van der Waals surface area contributed by atoms with Crippen molar-refractivity contribution in [1.82, 2.24) is 0 Å². The van der Waals surface area contributed by atoms with Crippen LogP contribution in [0.1, 0.15) is 31.9 Å². The second-order valence-electron chi connectivity index (χ2n) is 6.40. The van der Waals surface area contributed by atoms with Crippen LogP contribution < -0.4 is 4.90 Å². The summed E-state index contributed by atoms with van der Waals surface area (Å²) in [6, 6.07) is 1.35. The molecule has 138 valence electrons. The lowest BCUT2D eigenvalue weighted by atomic mass is 10.1. The molecule has 1 amide bonds. The predicted molar refractivity (Wildman–Crippen MR) is 95.9 cm³/mol. The number of rotatable bonds is 4. The first kappa shape index (κ1) is 20.9. The average Bonchev–Trinajstić information content (AvgIpc) is 2.48. The zero-order chi connectivity index (χ0) is 19.5. The van der Waals surface area contributed by atoms with Crippen molar-refractivity contribution in [3.05, 3.63) is 31.8 Å². The highest BCUT2D eigenvalue weighted by Crippen LogP contribution is 2.40. The zero-order valence-electron chi connectivity index (χ0n) is 15.0. The van der Waals surface area contributed by atoms with Gasteiger partial charge in [0.05, 0.1) is 16.5 Å². The molecule has 0 heterocycles. The molecular weight excluding hydrogens is 396 g/mol. The van der Waals surface area contributed by atoms with E-state index in [2.05, 4.69) is 20.7 Å². The van der Waals surface area contributed by atoms with Crippen LogP contribution in [0.5, 0.6) is 0 Å². The van der Waals surface area contributed by atoms with Gasteiger partial charge in [-0.25, -0.2) is 4.79 Å². The summed E-state index contributed by atoms with van der Waals surface area (Å²) in [7, 11) is 1.17. The second-order valence-corrected chi connectivity index (χ2v) is 7.19. The molecule has 0 radical (unpaired) electrons. The van der Waals surface area contributed by atoms with Gasteiger partial charge in [-0.15, -0.1) is 0 Å². The summed E-state index contributed by atoms with van der Waals surface area (Å²) in [5.74, 6) is -0.731. The Morgan fingerprint density at radius 2 is 1.88 bits per heavy atom. The first-order valence-electron chi connectivity index (χ1n) is 7.40. The number of amides is 1. The molecule has 0 unspecified atom stereocenters. The lowest BCUT2D eigenvalue weighted by Crippen LogP contribution is -2.41. The number of halogens is 1. The number of anilines is 1. The summed E-state index contributed by atoms with van der Waals surface area (Å²) < 4.78 is 10.2. The molecular formula is C16H21BrN2O6. The van der Waals surface area contributed by atoms with Crippen LogP contribution in [0.2, 0.25) is 0 Å². The van der Waals surface area contributed by atoms with Crippen molar-refractivity contribution in [2.45, 2.75) is 40.2 Å². The molecule has 9 heteroatoms. The molecule has 25 heavy (non-hydrogen) atoms. The highest BCUT2D eigenvalue weighted by atomic mass is 79.9. The van der Waals surface area contributed by atoms with Crippen molar-refractivity contribution in [2.75, 3.05) is 18.6 Å². The number of nitro groups is 1. The molecule has 0 bridgehead atoms. The third-order valence-electron chi connectivity index (χ3n) is 3.32. The molecule has 0 atom stereocenters. The first-order valence-corrected chi connectivity index (χ1v) is 8.19. The van der Waals surface area contributed by atoms with Crippen LogP contribution in [0.15, 0.2) is 10.5 Å². The third kappa shape index (κ3) is 5.15. The van der Waals surface area contributed by atoms with Gasteiger partial charge in [-0.1, -0.05) is 0 Å². The van der Waals surface area contributed by atoms with Crippen LogP contribution in [-0.4, -0.2) is 36.2 Å². The van der Waals surface area contributed by atoms with Crippen molar-refractivity contribution in [1.29, 1.82) is 0 Å². The lowest BCUT2D eigenvalue weighted by molar-refractivity contribution is -0.384. The van der Waals surface area contributed by atoms with Gasteiger partial charge in [0.15, 0.2) is 0 Å². The molecule has 0 aliphatic rings. The number of nitrogens with zero attached hydrogens (tertiary/aromatic N) is 2. The third-order valence-corrected chi connectivity index (χ3v) is 4.29. The van der Waals surface area contributed by atoms with Gasteiger partial charge in [-0.3, -0.25) is 19.8 Å². The van der Waals surface area contributed by atoms with E-state index in [1.807, 2.05) is 0 Å². The number of carbonyl (C=O) groups is 2. The van der Waals surface area contributed by atoms with Crippen molar-refractivity contribution in [2.24, 2.45) is 0 Å². The molecule has 0 saturated heterocycles. The fraction of sp³-hybridized carbons (Fsp3) is 0.500. The van der Waals surface area contributed by atoms with E-state index in [1.54, 1.807) is 34.6 Å². The number of hydrogen-bond donors (Lipinski definition) is 0. The van der Waals surface area contributed by atoms with Crippen molar-refractivity contribution < 1.29 is 24.0 Å². The average molecular weight is 417 g/mol. The molecule has 0 fully saturated rings. The minimum absolute atomic E-state index is 0.0484. The fourth-order valence-electron chi connectivity index (χ4n) is 1.99. The molecule has 0 N–H and O–H groups in total. The summed E-state index contributed by atoms with van der Waals surface area (Å²) in [4.78, 5) is 36.1. The van der Waals surface area contributed by atoms with E-state index in [1.165, 1.54) is 13.2 Å². The molecule has 0 aliphatic heterocycles. The van der Waals surface area contributed by atoms with Gasteiger partial charge in [-0.05, 0) is 61.7 Å². The van der Waals surface area contributed by atoms with E-state index in [-0.39, 0.29) is 11.4 Å². The molecule has 0 aromatic heterocycles. The Morgan fingerprint density at radius 1 is 1.32 bits per heavy atom. The Bertz CT molecular complexity index is 712. The number of ether oxygens (including phenoxy) is 2. The van der Waals surface area contributed by atoms with Gasteiger partial charge in [0.1, 0.15) is 17.8 Å². The Hall–Kier alpha value is -2.16. The fourth-order valence-corrected chi connectivity index (χ4v) is 2.72. The normalized spacial score (nSPS) is 11.0. The zero-order valence-corrected chi connectivity index (χ0v) is 16.6. The van der Waals surface area contributed by atoms with Crippen LogP contribution in [-0.2, 0) is 14.3 Å². The predicted octanol–water partition coefficient (Wildman–Crippen LogP) is 3.89. The number of aryl methyl sites for hydroxylation is 1. The maximum absolute atomic E-state index is 12.6. The van der Waals surface area contributed by atoms with Gasteiger partial charge in [-0.2, -0.15) is 0 Å². The minimum atomic E-state index is -0.884. The van der Waals surface area contributed by atoms with Crippen LogP contribution in [0.25, 0.3) is 0 Å². The second kappa shape index (κ2) is 7.81.